The highest BCUT2D eigenvalue weighted by molar-refractivity contribution is 9.10. The number of ketones is 1. The Hall–Kier alpha value is -2.51. The lowest BCUT2D eigenvalue weighted by molar-refractivity contribution is -0.149. The van der Waals surface area contributed by atoms with E-state index in [9.17, 15) is 14.4 Å². The minimum absolute atomic E-state index is 0.0741. The molecule has 1 aliphatic rings. The van der Waals surface area contributed by atoms with Crippen molar-refractivity contribution < 1.29 is 19.1 Å². The van der Waals surface area contributed by atoms with Gasteiger partial charge in [-0.25, -0.2) is 0 Å². The van der Waals surface area contributed by atoms with Gasteiger partial charge in [0.05, 0.1) is 12.6 Å². The Balaban J connectivity index is 1.65. The molecule has 0 spiro atoms. The topological polar surface area (TPSA) is 75.7 Å². The molecule has 0 aromatic heterocycles. The van der Waals surface area contributed by atoms with Crippen LogP contribution in [0, 0.1) is 0 Å². The highest BCUT2D eigenvalue weighted by Gasteiger charge is 2.37. The lowest BCUT2D eigenvalue weighted by Gasteiger charge is -2.30. The number of benzene rings is 2. The number of hydrogen-bond acceptors (Lipinski definition) is 5. The fourth-order valence-electron chi connectivity index (χ4n) is 3.39. The predicted molar refractivity (Wildman–Crippen MR) is 108 cm³/mol. The Bertz CT molecular complexity index is 826. The fourth-order valence-corrected chi connectivity index (χ4v) is 3.66. The zero-order chi connectivity index (χ0) is 19.9. The van der Waals surface area contributed by atoms with Crippen molar-refractivity contribution in [3.05, 3.63) is 70.2 Å². The van der Waals surface area contributed by atoms with Gasteiger partial charge in [-0.1, -0.05) is 58.4 Å². The number of rotatable bonds is 8. The normalized spacial score (nSPS) is 17.7. The van der Waals surface area contributed by atoms with Gasteiger partial charge >= 0.3 is 0 Å². The van der Waals surface area contributed by atoms with Crippen LogP contribution in [-0.2, 0) is 14.3 Å². The number of carbonyl (C=O) groups is 3. The van der Waals surface area contributed by atoms with Crippen LogP contribution in [0.3, 0.4) is 0 Å². The third kappa shape index (κ3) is 4.85. The standard InChI is InChI=1S/C21H21BrN2O4/c22-17-10-8-15(9-11-17)19(26)13-23-20(27)18-7-4-12-24(18)21(28-14-25)16-5-2-1-3-6-16/h1-3,5-6,8-11,14,18,21H,4,7,12-13H2,(H,23,27). The second-order valence-corrected chi connectivity index (χ2v) is 7.45. The summed E-state index contributed by atoms with van der Waals surface area (Å²) in [6.45, 7) is 0.962. The first-order chi connectivity index (χ1) is 13.6. The molecule has 0 aliphatic carbocycles. The van der Waals surface area contributed by atoms with Crippen LogP contribution < -0.4 is 5.32 Å². The van der Waals surface area contributed by atoms with Gasteiger partial charge in [0.2, 0.25) is 5.91 Å². The van der Waals surface area contributed by atoms with E-state index in [4.69, 9.17) is 4.74 Å². The van der Waals surface area contributed by atoms with Gasteiger partial charge in [-0.05, 0) is 25.0 Å². The van der Waals surface area contributed by atoms with E-state index in [0.717, 1.165) is 16.5 Å². The second kappa shape index (κ2) is 9.61. The Morgan fingerprint density at radius 3 is 2.57 bits per heavy atom. The molecule has 7 heteroatoms. The van der Waals surface area contributed by atoms with Crippen molar-refractivity contribution in [2.75, 3.05) is 13.1 Å². The van der Waals surface area contributed by atoms with Gasteiger partial charge in [0.1, 0.15) is 0 Å². The molecule has 1 fully saturated rings. The van der Waals surface area contributed by atoms with E-state index in [1.165, 1.54) is 0 Å². The number of halogens is 1. The zero-order valence-corrected chi connectivity index (χ0v) is 16.8. The van der Waals surface area contributed by atoms with Gasteiger partial charge in [-0.3, -0.25) is 19.3 Å². The zero-order valence-electron chi connectivity index (χ0n) is 15.2. The van der Waals surface area contributed by atoms with Crippen LogP contribution in [0.15, 0.2) is 59.1 Å². The molecule has 0 radical (unpaired) electrons. The van der Waals surface area contributed by atoms with Gasteiger partial charge in [0, 0.05) is 22.1 Å². The first kappa shape index (κ1) is 20.2. The number of Topliss-reactive ketones (excluding diaryl/α,β-unsaturated/α-hetero) is 1. The molecular weight excluding hydrogens is 424 g/mol. The van der Waals surface area contributed by atoms with Crippen LogP contribution >= 0.6 is 15.9 Å². The molecule has 1 aliphatic heterocycles. The van der Waals surface area contributed by atoms with Crippen LogP contribution in [-0.4, -0.2) is 42.2 Å². The molecule has 1 N–H and O–H groups in total. The number of ether oxygens (including phenoxy) is 1. The Labute approximate surface area is 172 Å². The molecule has 0 bridgehead atoms. The third-order valence-corrected chi connectivity index (χ3v) is 5.29. The quantitative estimate of drug-likeness (QED) is 0.500. The minimum Gasteiger partial charge on any atom is -0.444 e. The third-order valence-electron chi connectivity index (χ3n) is 4.76. The van der Waals surface area contributed by atoms with Crippen molar-refractivity contribution in [2.45, 2.75) is 25.1 Å². The van der Waals surface area contributed by atoms with Crippen molar-refractivity contribution in [3.8, 4) is 0 Å². The van der Waals surface area contributed by atoms with Crippen molar-refractivity contribution in [3.63, 3.8) is 0 Å². The Morgan fingerprint density at radius 1 is 1.18 bits per heavy atom. The van der Waals surface area contributed by atoms with Crippen LogP contribution in [0.5, 0.6) is 0 Å². The van der Waals surface area contributed by atoms with Crippen molar-refractivity contribution in [2.24, 2.45) is 0 Å². The molecular formula is C21H21BrN2O4. The first-order valence-electron chi connectivity index (χ1n) is 9.06. The number of nitrogens with one attached hydrogen (secondary N) is 1. The summed E-state index contributed by atoms with van der Waals surface area (Å²) in [7, 11) is 0. The summed E-state index contributed by atoms with van der Waals surface area (Å²) in [6, 6.07) is 15.9. The molecule has 1 saturated heterocycles. The van der Waals surface area contributed by atoms with E-state index in [0.29, 0.717) is 25.0 Å². The highest BCUT2D eigenvalue weighted by Crippen LogP contribution is 2.30. The molecule has 1 amide bonds. The van der Waals surface area contributed by atoms with E-state index < -0.39 is 12.3 Å². The fraction of sp³-hybridized carbons (Fsp3) is 0.286. The molecule has 2 aromatic rings. The lowest BCUT2D eigenvalue weighted by atomic mass is 10.1. The summed E-state index contributed by atoms with van der Waals surface area (Å²) < 4.78 is 6.18. The summed E-state index contributed by atoms with van der Waals surface area (Å²) in [5.74, 6) is -0.396. The Kier molecular flexibility index (Phi) is 6.95. The molecule has 3 rings (SSSR count). The van der Waals surface area contributed by atoms with Gasteiger partial charge < -0.3 is 10.1 Å². The van der Waals surface area contributed by atoms with E-state index in [1.54, 1.807) is 24.3 Å². The number of hydrogen-bond donors (Lipinski definition) is 1. The summed E-state index contributed by atoms with van der Waals surface area (Å²) in [5, 5.41) is 2.73. The van der Waals surface area contributed by atoms with E-state index in [2.05, 4.69) is 21.2 Å². The van der Waals surface area contributed by atoms with Crippen LogP contribution in [0.25, 0.3) is 0 Å². The van der Waals surface area contributed by atoms with Crippen LogP contribution in [0.4, 0.5) is 0 Å². The smallest absolute Gasteiger partial charge is 0.294 e. The summed E-state index contributed by atoms with van der Waals surface area (Å²) >= 11 is 3.33. The molecule has 2 atom stereocenters. The second-order valence-electron chi connectivity index (χ2n) is 6.54. The van der Waals surface area contributed by atoms with Crippen molar-refractivity contribution in [1.82, 2.24) is 10.2 Å². The van der Waals surface area contributed by atoms with Crippen LogP contribution in [0.2, 0.25) is 0 Å². The molecule has 6 nitrogen and oxygen atoms in total. The van der Waals surface area contributed by atoms with E-state index >= 15 is 0 Å². The summed E-state index contributed by atoms with van der Waals surface area (Å²) in [4.78, 5) is 37.9. The molecule has 0 saturated carbocycles. The molecule has 1 heterocycles. The monoisotopic (exact) mass is 444 g/mol. The largest absolute Gasteiger partial charge is 0.444 e. The molecule has 28 heavy (non-hydrogen) atoms. The van der Waals surface area contributed by atoms with Gasteiger partial charge in [0.15, 0.2) is 12.0 Å². The maximum atomic E-state index is 12.7. The average molecular weight is 445 g/mol. The summed E-state index contributed by atoms with van der Waals surface area (Å²) in [5.41, 5.74) is 1.35. The maximum Gasteiger partial charge on any atom is 0.294 e. The predicted octanol–water partition coefficient (Wildman–Crippen LogP) is 3.08. The average Bonchev–Trinajstić information content (AvgIpc) is 3.20. The maximum absolute atomic E-state index is 12.7. The van der Waals surface area contributed by atoms with Gasteiger partial charge in [-0.15, -0.1) is 0 Å². The number of nitrogens with zero attached hydrogens (tertiary/aromatic N) is 1. The number of carbonyl (C=O) groups excluding carboxylic acids is 3. The first-order valence-corrected chi connectivity index (χ1v) is 9.85. The van der Waals surface area contributed by atoms with E-state index in [-0.39, 0.29) is 18.2 Å². The lowest BCUT2D eigenvalue weighted by Crippen LogP contribution is -2.46. The van der Waals surface area contributed by atoms with Crippen molar-refractivity contribution in [1.29, 1.82) is 0 Å². The molecule has 2 unspecified atom stereocenters. The minimum atomic E-state index is -0.626. The SMILES string of the molecule is O=COC(c1ccccc1)N1CCCC1C(=O)NCC(=O)c1ccc(Br)cc1. The Morgan fingerprint density at radius 2 is 1.89 bits per heavy atom. The summed E-state index contributed by atoms with van der Waals surface area (Å²) in [6.07, 6.45) is 0.827. The highest BCUT2D eigenvalue weighted by atomic mass is 79.9. The van der Waals surface area contributed by atoms with Crippen molar-refractivity contribution >= 4 is 34.1 Å². The van der Waals surface area contributed by atoms with Crippen LogP contribution in [0.1, 0.15) is 35.0 Å². The molecule has 146 valence electrons. The molecule has 2 aromatic carbocycles. The van der Waals surface area contributed by atoms with Gasteiger partial charge in [0.25, 0.3) is 6.47 Å². The van der Waals surface area contributed by atoms with Gasteiger partial charge in [-0.2, -0.15) is 0 Å². The van der Waals surface area contributed by atoms with E-state index in [1.807, 2.05) is 35.2 Å². The number of likely N-dealkylation sites (tertiary alicyclic amines) is 1. The number of amides is 1.